The van der Waals surface area contributed by atoms with E-state index in [4.69, 9.17) is 4.74 Å². The summed E-state index contributed by atoms with van der Waals surface area (Å²) in [6.07, 6.45) is 0.747. The molecule has 0 unspecified atom stereocenters. The summed E-state index contributed by atoms with van der Waals surface area (Å²) in [5.74, 6) is -1.59. The van der Waals surface area contributed by atoms with Crippen LogP contribution >= 0.6 is 0 Å². The van der Waals surface area contributed by atoms with Crippen molar-refractivity contribution in [1.82, 2.24) is 4.90 Å². The Morgan fingerprint density at radius 1 is 1.32 bits per heavy atom. The first-order valence-electron chi connectivity index (χ1n) is 6.09. The molecule has 4 nitrogen and oxygen atoms in total. The summed E-state index contributed by atoms with van der Waals surface area (Å²) in [5, 5.41) is 2.25. The molecule has 0 radical (unpaired) electrons. The van der Waals surface area contributed by atoms with Crippen LogP contribution in [0.3, 0.4) is 0 Å². The van der Waals surface area contributed by atoms with E-state index in [0.29, 0.717) is 19.7 Å². The lowest BCUT2D eigenvalue weighted by Crippen LogP contribution is -2.38. The van der Waals surface area contributed by atoms with Crippen LogP contribution in [-0.4, -0.2) is 37.7 Å². The highest BCUT2D eigenvalue weighted by Crippen LogP contribution is 2.18. The maximum absolute atomic E-state index is 13.4. The van der Waals surface area contributed by atoms with Crippen molar-refractivity contribution in [2.24, 2.45) is 0 Å². The summed E-state index contributed by atoms with van der Waals surface area (Å²) in [6, 6.07) is 2.90. The first-order chi connectivity index (χ1) is 9.10. The second-order valence-electron chi connectivity index (χ2n) is 4.01. The second kappa shape index (κ2) is 7.68. The molecule has 0 aliphatic rings. The minimum absolute atomic E-state index is 0.367. The first-order valence-corrected chi connectivity index (χ1v) is 6.09. The number of benzene rings is 1. The second-order valence-corrected chi connectivity index (χ2v) is 4.01. The molecule has 2 amide bonds. The van der Waals surface area contributed by atoms with Crippen LogP contribution in [-0.2, 0) is 4.74 Å². The standard InChI is InChI=1S/C13H18F2N2O2/c1-3-7-17(8-9-19-2)13(18)16-12-10(14)5-4-6-11(12)15/h4-6H,3,7-9H2,1-2H3,(H,16,18). The molecule has 1 aromatic rings. The number of nitrogens with zero attached hydrogens (tertiary/aromatic N) is 1. The Labute approximate surface area is 111 Å². The third-order valence-corrected chi connectivity index (χ3v) is 2.54. The number of carbonyl (C=O) groups excluding carboxylic acids is 1. The third-order valence-electron chi connectivity index (χ3n) is 2.54. The van der Waals surface area contributed by atoms with Crippen molar-refractivity contribution in [2.75, 3.05) is 32.1 Å². The van der Waals surface area contributed by atoms with E-state index < -0.39 is 23.4 Å². The Hall–Kier alpha value is -1.69. The van der Waals surface area contributed by atoms with E-state index in [9.17, 15) is 13.6 Å². The summed E-state index contributed by atoms with van der Waals surface area (Å²) in [5.41, 5.74) is -0.425. The fourth-order valence-corrected chi connectivity index (χ4v) is 1.59. The Kier molecular flexibility index (Phi) is 6.21. The molecule has 1 aromatic carbocycles. The third kappa shape index (κ3) is 4.48. The number of hydrogen-bond donors (Lipinski definition) is 1. The highest BCUT2D eigenvalue weighted by Gasteiger charge is 2.16. The number of methoxy groups -OCH3 is 1. The van der Waals surface area contributed by atoms with Gasteiger partial charge in [0.2, 0.25) is 0 Å². The predicted molar refractivity (Wildman–Crippen MR) is 69.1 cm³/mol. The van der Waals surface area contributed by atoms with Crippen LogP contribution < -0.4 is 5.32 Å². The molecule has 6 heteroatoms. The number of amides is 2. The van der Waals surface area contributed by atoms with E-state index in [0.717, 1.165) is 18.6 Å². The van der Waals surface area contributed by atoms with Crippen molar-refractivity contribution < 1.29 is 18.3 Å². The van der Waals surface area contributed by atoms with Crippen LogP contribution in [0.4, 0.5) is 19.3 Å². The first kappa shape index (κ1) is 15.4. The molecule has 0 spiro atoms. The van der Waals surface area contributed by atoms with Gasteiger partial charge >= 0.3 is 6.03 Å². The summed E-state index contributed by atoms with van der Waals surface area (Å²) in [4.78, 5) is 13.4. The normalized spacial score (nSPS) is 10.3. The minimum Gasteiger partial charge on any atom is -0.383 e. The Morgan fingerprint density at radius 2 is 1.95 bits per heavy atom. The molecule has 0 saturated carbocycles. The van der Waals surface area contributed by atoms with E-state index in [2.05, 4.69) is 5.32 Å². The monoisotopic (exact) mass is 272 g/mol. The zero-order valence-electron chi connectivity index (χ0n) is 11.1. The highest BCUT2D eigenvalue weighted by atomic mass is 19.1. The predicted octanol–water partition coefficient (Wildman–Crippen LogP) is 2.86. The van der Waals surface area contributed by atoms with Gasteiger partial charge in [0, 0.05) is 20.2 Å². The Morgan fingerprint density at radius 3 is 2.47 bits per heavy atom. The van der Waals surface area contributed by atoms with Gasteiger partial charge in [-0.2, -0.15) is 0 Å². The van der Waals surface area contributed by atoms with E-state index in [1.165, 1.54) is 18.1 Å². The smallest absolute Gasteiger partial charge is 0.322 e. The molecule has 0 aliphatic heterocycles. The van der Waals surface area contributed by atoms with Gasteiger partial charge in [-0.05, 0) is 18.6 Å². The maximum Gasteiger partial charge on any atom is 0.322 e. The summed E-state index contributed by atoms with van der Waals surface area (Å²) in [6.45, 7) is 3.14. The molecule has 0 aliphatic carbocycles. The molecule has 0 saturated heterocycles. The lowest BCUT2D eigenvalue weighted by atomic mass is 10.3. The van der Waals surface area contributed by atoms with Crippen LogP contribution in [0.5, 0.6) is 0 Å². The SMILES string of the molecule is CCCN(CCOC)C(=O)Nc1c(F)cccc1F. The van der Waals surface area contributed by atoms with Crippen LogP contribution in [0.15, 0.2) is 18.2 Å². The van der Waals surface area contributed by atoms with Gasteiger partial charge < -0.3 is 15.0 Å². The summed E-state index contributed by atoms with van der Waals surface area (Å²) < 4.78 is 31.7. The zero-order chi connectivity index (χ0) is 14.3. The zero-order valence-corrected chi connectivity index (χ0v) is 11.1. The fraction of sp³-hybridized carbons (Fsp3) is 0.462. The molecule has 0 heterocycles. The lowest BCUT2D eigenvalue weighted by molar-refractivity contribution is 0.155. The number of halogens is 2. The van der Waals surface area contributed by atoms with E-state index in [-0.39, 0.29) is 0 Å². The average molecular weight is 272 g/mol. The molecule has 1 rings (SSSR count). The van der Waals surface area contributed by atoms with Crippen LogP contribution in [0.1, 0.15) is 13.3 Å². The Bertz CT molecular complexity index is 407. The van der Waals surface area contributed by atoms with Crippen molar-refractivity contribution in [2.45, 2.75) is 13.3 Å². The Balaban J connectivity index is 2.75. The van der Waals surface area contributed by atoms with Gasteiger partial charge in [-0.15, -0.1) is 0 Å². The van der Waals surface area contributed by atoms with Crippen LogP contribution in [0.25, 0.3) is 0 Å². The summed E-state index contributed by atoms with van der Waals surface area (Å²) in [7, 11) is 1.53. The molecule has 0 aromatic heterocycles. The van der Waals surface area contributed by atoms with Crippen molar-refractivity contribution in [3.8, 4) is 0 Å². The summed E-state index contributed by atoms with van der Waals surface area (Å²) >= 11 is 0. The van der Waals surface area contributed by atoms with Crippen molar-refractivity contribution in [3.63, 3.8) is 0 Å². The molecule has 106 valence electrons. The van der Waals surface area contributed by atoms with Gasteiger partial charge in [0.05, 0.1) is 6.61 Å². The number of hydrogen-bond acceptors (Lipinski definition) is 2. The number of nitrogens with one attached hydrogen (secondary N) is 1. The topological polar surface area (TPSA) is 41.6 Å². The molecule has 19 heavy (non-hydrogen) atoms. The minimum atomic E-state index is -0.795. The lowest BCUT2D eigenvalue weighted by Gasteiger charge is -2.22. The van der Waals surface area contributed by atoms with Gasteiger partial charge in [0.15, 0.2) is 0 Å². The molecular formula is C13H18F2N2O2. The maximum atomic E-state index is 13.4. The number of anilines is 1. The average Bonchev–Trinajstić information content (AvgIpc) is 2.38. The quantitative estimate of drug-likeness (QED) is 0.865. The van der Waals surface area contributed by atoms with Crippen LogP contribution in [0, 0.1) is 11.6 Å². The molecule has 0 bridgehead atoms. The van der Waals surface area contributed by atoms with Gasteiger partial charge in [0.25, 0.3) is 0 Å². The number of rotatable bonds is 6. The van der Waals surface area contributed by atoms with Crippen molar-refractivity contribution in [3.05, 3.63) is 29.8 Å². The fourth-order valence-electron chi connectivity index (χ4n) is 1.59. The van der Waals surface area contributed by atoms with Crippen molar-refractivity contribution >= 4 is 11.7 Å². The number of urea groups is 1. The largest absolute Gasteiger partial charge is 0.383 e. The number of para-hydroxylation sites is 1. The van der Waals surface area contributed by atoms with Crippen LogP contribution in [0.2, 0.25) is 0 Å². The van der Waals surface area contributed by atoms with Gasteiger partial charge in [-0.3, -0.25) is 0 Å². The van der Waals surface area contributed by atoms with E-state index in [1.54, 1.807) is 0 Å². The molecular weight excluding hydrogens is 254 g/mol. The van der Waals surface area contributed by atoms with E-state index in [1.807, 2.05) is 6.92 Å². The highest BCUT2D eigenvalue weighted by molar-refractivity contribution is 5.89. The number of ether oxygens (including phenoxy) is 1. The molecule has 0 fully saturated rings. The molecule has 1 N–H and O–H groups in total. The van der Waals surface area contributed by atoms with E-state index >= 15 is 0 Å². The van der Waals surface area contributed by atoms with Gasteiger partial charge in [-0.25, -0.2) is 13.6 Å². The van der Waals surface area contributed by atoms with Crippen molar-refractivity contribution in [1.29, 1.82) is 0 Å². The van der Waals surface area contributed by atoms with Gasteiger partial charge in [0.1, 0.15) is 17.3 Å². The number of carbonyl (C=O) groups is 1. The van der Waals surface area contributed by atoms with Gasteiger partial charge in [-0.1, -0.05) is 13.0 Å². The molecule has 0 atom stereocenters.